The quantitative estimate of drug-likeness (QED) is 0.700. The van der Waals surface area contributed by atoms with Gasteiger partial charge < -0.3 is 9.32 Å². The van der Waals surface area contributed by atoms with Crippen LogP contribution in [-0.2, 0) is 0 Å². The summed E-state index contributed by atoms with van der Waals surface area (Å²) in [5.41, 5.74) is 2.77. The molecule has 1 saturated carbocycles. The zero-order valence-corrected chi connectivity index (χ0v) is 14.3. The van der Waals surface area contributed by atoms with Crippen LogP contribution in [0.15, 0.2) is 46.9 Å². The number of carbonyl (C=O) groups excluding carboxylic acids is 1. The Morgan fingerprint density at radius 1 is 1.12 bits per heavy atom. The Kier molecular flexibility index (Phi) is 3.55. The second-order valence-electron chi connectivity index (χ2n) is 7.27. The normalized spacial score (nSPS) is 20.0. The molecule has 0 N–H and O–H groups in total. The molecule has 0 radical (unpaired) electrons. The minimum Gasteiger partial charge on any atom is -0.440 e. The molecule has 1 aromatic heterocycles. The van der Waals surface area contributed by atoms with Crippen LogP contribution in [-0.4, -0.2) is 28.9 Å². The molecule has 2 heterocycles. The van der Waals surface area contributed by atoms with Crippen LogP contribution in [0.2, 0.25) is 0 Å². The van der Waals surface area contributed by atoms with Crippen LogP contribution in [0.4, 0.5) is 4.39 Å². The maximum Gasteiger partial charge on any atom is 0.254 e. The van der Waals surface area contributed by atoms with Gasteiger partial charge in [0.05, 0.1) is 0 Å². The number of likely N-dealkylation sites (tertiary alicyclic amines) is 1. The second-order valence-corrected chi connectivity index (χ2v) is 7.27. The van der Waals surface area contributed by atoms with E-state index in [0.717, 1.165) is 30.7 Å². The topological polar surface area (TPSA) is 46.3 Å². The number of amides is 1. The summed E-state index contributed by atoms with van der Waals surface area (Å²) in [7, 11) is 0. The predicted molar refractivity (Wildman–Crippen MR) is 95.6 cm³/mol. The number of hydrogen-bond donors (Lipinski definition) is 0. The molecule has 1 aliphatic heterocycles. The van der Waals surface area contributed by atoms with Gasteiger partial charge in [-0.05, 0) is 49.1 Å². The average molecular weight is 350 g/mol. The second kappa shape index (κ2) is 5.94. The van der Waals surface area contributed by atoms with Crippen molar-refractivity contribution in [3.05, 3.63) is 65.3 Å². The lowest BCUT2D eigenvalue weighted by Crippen LogP contribution is -2.28. The van der Waals surface area contributed by atoms with Crippen molar-refractivity contribution >= 4 is 17.0 Å². The first kappa shape index (κ1) is 15.6. The van der Waals surface area contributed by atoms with E-state index < -0.39 is 0 Å². The van der Waals surface area contributed by atoms with Crippen molar-refractivity contribution in [3.63, 3.8) is 0 Å². The lowest BCUT2D eigenvalue weighted by atomic mass is 9.98. The third-order valence-electron chi connectivity index (χ3n) is 5.40. The first-order valence-corrected chi connectivity index (χ1v) is 9.13. The van der Waals surface area contributed by atoms with Gasteiger partial charge in [0.15, 0.2) is 11.5 Å². The van der Waals surface area contributed by atoms with Crippen LogP contribution in [0.25, 0.3) is 11.1 Å². The number of benzene rings is 2. The Morgan fingerprint density at radius 2 is 1.96 bits per heavy atom. The Hall–Kier alpha value is -2.69. The van der Waals surface area contributed by atoms with Crippen LogP contribution in [0.3, 0.4) is 0 Å². The average Bonchev–Trinajstić information content (AvgIpc) is 3.24. The van der Waals surface area contributed by atoms with Crippen molar-refractivity contribution in [2.24, 2.45) is 0 Å². The number of hydrogen-bond acceptors (Lipinski definition) is 3. The van der Waals surface area contributed by atoms with E-state index in [1.54, 1.807) is 23.1 Å². The number of fused-ring (bicyclic) bond motifs is 1. The first-order valence-electron chi connectivity index (χ1n) is 9.13. The van der Waals surface area contributed by atoms with Crippen molar-refractivity contribution in [1.29, 1.82) is 0 Å². The zero-order chi connectivity index (χ0) is 17.7. The Balaban J connectivity index is 1.36. The summed E-state index contributed by atoms with van der Waals surface area (Å²) < 4.78 is 19.8. The molecule has 0 bridgehead atoms. The molecule has 1 amide bonds. The summed E-state index contributed by atoms with van der Waals surface area (Å²) in [6.45, 7) is 1.18. The monoisotopic (exact) mass is 350 g/mol. The van der Waals surface area contributed by atoms with E-state index in [4.69, 9.17) is 4.42 Å². The molecule has 2 fully saturated rings. The molecule has 1 saturated heterocycles. The SMILES string of the molecule is O=C(c1ccc2nc(C3CC3)oc2c1)N1CCC(c2ccccc2F)C1. The lowest BCUT2D eigenvalue weighted by Gasteiger charge is -2.17. The number of rotatable bonds is 3. The number of nitrogens with zero attached hydrogens (tertiary/aromatic N) is 2. The standard InChI is InChI=1S/C21H19FN2O2/c22-17-4-2-1-3-16(17)15-9-10-24(12-15)21(25)14-7-8-18-19(11-14)26-20(23-18)13-5-6-13/h1-4,7-8,11,13,15H,5-6,9-10,12H2. The van der Waals surface area contributed by atoms with Gasteiger partial charge in [-0.15, -0.1) is 0 Å². The van der Waals surface area contributed by atoms with Gasteiger partial charge in [0, 0.05) is 30.5 Å². The molecule has 1 atom stereocenters. The van der Waals surface area contributed by atoms with E-state index in [1.807, 2.05) is 18.2 Å². The fraction of sp³-hybridized carbons (Fsp3) is 0.333. The number of aromatic nitrogens is 1. The molecule has 26 heavy (non-hydrogen) atoms. The molecule has 132 valence electrons. The molecule has 2 aliphatic rings. The van der Waals surface area contributed by atoms with Crippen molar-refractivity contribution in [1.82, 2.24) is 9.88 Å². The summed E-state index contributed by atoms with van der Waals surface area (Å²) in [4.78, 5) is 19.2. The van der Waals surface area contributed by atoms with Gasteiger partial charge in [-0.25, -0.2) is 9.37 Å². The van der Waals surface area contributed by atoms with Crippen molar-refractivity contribution < 1.29 is 13.6 Å². The van der Waals surface area contributed by atoms with Crippen LogP contribution >= 0.6 is 0 Å². The fourth-order valence-corrected chi connectivity index (χ4v) is 3.77. The maximum atomic E-state index is 14.0. The number of halogens is 1. The molecule has 1 unspecified atom stereocenters. The smallest absolute Gasteiger partial charge is 0.254 e. The highest BCUT2D eigenvalue weighted by atomic mass is 19.1. The minimum atomic E-state index is -0.192. The Bertz CT molecular complexity index is 993. The largest absolute Gasteiger partial charge is 0.440 e. The van der Waals surface area contributed by atoms with Crippen LogP contribution in [0.1, 0.15) is 52.9 Å². The van der Waals surface area contributed by atoms with Gasteiger partial charge in [0.2, 0.25) is 0 Å². The highest BCUT2D eigenvalue weighted by Gasteiger charge is 2.31. The fourth-order valence-electron chi connectivity index (χ4n) is 3.77. The Morgan fingerprint density at radius 3 is 2.77 bits per heavy atom. The summed E-state index contributed by atoms with van der Waals surface area (Å²) >= 11 is 0. The van der Waals surface area contributed by atoms with E-state index >= 15 is 0 Å². The van der Waals surface area contributed by atoms with E-state index in [0.29, 0.717) is 35.7 Å². The summed E-state index contributed by atoms with van der Waals surface area (Å²) in [6, 6.07) is 12.3. The molecule has 0 spiro atoms. The molecule has 5 heteroatoms. The van der Waals surface area contributed by atoms with Gasteiger partial charge in [-0.1, -0.05) is 18.2 Å². The predicted octanol–water partition coefficient (Wildman–Crippen LogP) is 4.47. The molecule has 5 rings (SSSR count). The van der Waals surface area contributed by atoms with Gasteiger partial charge in [-0.2, -0.15) is 0 Å². The van der Waals surface area contributed by atoms with Crippen LogP contribution in [0.5, 0.6) is 0 Å². The van der Waals surface area contributed by atoms with Crippen LogP contribution < -0.4 is 0 Å². The molecular formula is C21H19FN2O2. The minimum absolute atomic E-state index is 0.0323. The molecule has 3 aromatic rings. The number of carbonyl (C=O) groups is 1. The van der Waals surface area contributed by atoms with Gasteiger partial charge in [-0.3, -0.25) is 4.79 Å². The highest BCUT2D eigenvalue weighted by Crippen LogP contribution is 2.40. The van der Waals surface area contributed by atoms with Gasteiger partial charge in [0.1, 0.15) is 11.3 Å². The van der Waals surface area contributed by atoms with E-state index in [2.05, 4.69) is 4.98 Å². The molecule has 2 aromatic carbocycles. The van der Waals surface area contributed by atoms with E-state index in [-0.39, 0.29) is 17.6 Å². The van der Waals surface area contributed by atoms with Crippen molar-refractivity contribution in [2.75, 3.05) is 13.1 Å². The lowest BCUT2D eigenvalue weighted by molar-refractivity contribution is 0.0790. The maximum absolute atomic E-state index is 14.0. The van der Waals surface area contributed by atoms with Crippen molar-refractivity contribution in [2.45, 2.75) is 31.1 Å². The third kappa shape index (κ3) is 2.68. The molecular weight excluding hydrogens is 331 g/mol. The van der Waals surface area contributed by atoms with E-state index in [9.17, 15) is 9.18 Å². The summed E-state index contributed by atoms with van der Waals surface area (Å²) in [5.74, 6) is 1.06. The van der Waals surface area contributed by atoms with E-state index in [1.165, 1.54) is 6.07 Å². The highest BCUT2D eigenvalue weighted by molar-refractivity contribution is 5.97. The molecule has 1 aliphatic carbocycles. The summed E-state index contributed by atoms with van der Waals surface area (Å²) in [6.07, 6.45) is 3.04. The third-order valence-corrected chi connectivity index (χ3v) is 5.40. The Labute approximate surface area is 150 Å². The van der Waals surface area contributed by atoms with Crippen LogP contribution in [0, 0.1) is 5.82 Å². The number of oxazole rings is 1. The summed E-state index contributed by atoms with van der Waals surface area (Å²) in [5, 5.41) is 0. The van der Waals surface area contributed by atoms with Gasteiger partial charge in [0.25, 0.3) is 5.91 Å². The van der Waals surface area contributed by atoms with Crippen molar-refractivity contribution in [3.8, 4) is 0 Å². The van der Waals surface area contributed by atoms with Gasteiger partial charge >= 0.3 is 0 Å². The first-order chi connectivity index (χ1) is 12.7. The zero-order valence-electron chi connectivity index (χ0n) is 14.3. The molecule has 4 nitrogen and oxygen atoms in total.